The van der Waals surface area contributed by atoms with Crippen molar-refractivity contribution >= 4 is 11.6 Å². The molecule has 0 aliphatic carbocycles. The van der Waals surface area contributed by atoms with Crippen LogP contribution in [0, 0.1) is 18.3 Å². The van der Waals surface area contributed by atoms with Gasteiger partial charge in [-0.25, -0.2) is 0 Å². The van der Waals surface area contributed by atoms with E-state index in [1.807, 2.05) is 19.1 Å². The number of halogens is 1. The number of nitrogens with zero attached hydrogens (tertiary/aromatic N) is 3. The molecule has 1 heterocycles. The molecular formula is C12H8ClN3O. The molecule has 0 aliphatic rings. The monoisotopic (exact) mass is 245 g/mol. The highest BCUT2D eigenvalue weighted by atomic mass is 35.5. The molecule has 5 heteroatoms. The smallest absolute Gasteiger partial charge is 0.239 e. The zero-order valence-electron chi connectivity index (χ0n) is 9.01. The Morgan fingerprint density at radius 3 is 2.88 bits per heavy atom. The third-order valence-electron chi connectivity index (χ3n) is 2.11. The summed E-state index contributed by atoms with van der Waals surface area (Å²) in [4.78, 5) is 7.83. The lowest BCUT2D eigenvalue weighted by atomic mass is 10.1. The Morgan fingerprint density at radius 2 is 2.18 bits per heavy atom. The number of aryl methyl sites for hydroxylation is 1. The first-order chi connectivity index (χ1) is 8.19. The number of aromatic nitrogens is 2. The predicted octanol–water partition coefficient (Wildman–Crippen LogP) is 3.10. The van der Waals surface area contributed by atoms with Crippen molar-refractivity contribution < 1.29 is 4.74 Å². The van der Waals surface area contributed by atoms with E-state index in [1.165, 1.54) is 12.4 Å². The zero-order chi connectivity index (χ0) is 12.3. The van der Waals surface area contributed by atoms with E-state index in [-0.39, 0.29) is 5.15 Å². The Labute approximate surface area is 103 Å². The van der Waals surface area contributed by atoms with Crippen molar-refractivity contribution in [3.63, 3.8) is 0 Å². The van der Waals surface area contributed by atoms with E-state index in [0.717, 1.165) is 5.56 Å². The molecule has 84 valence electrons. The van der Waals surface area contributed by atoms with Gasteiger partial charge in [-0.1, -0.05) is 17.7 Å². The van der Waals surface area contributed by atoms with Gasteiger partial charge in [0, 0.05) is 0 Å². The van der Waals surface area contributed by atoms with Crippen molar-refractivity contribution in [1.29, 1.82) is 5.26 Å². The Hall–Kier alpha value is -2.12. The molecule has 17 heavy (non-hydrogen) atoms. The fourth-order valence-corrected chi connectivity index (χ4v) is 1.41. The van der Waals surface area contributed by atoms with Crippen LogP contribution in [0.15, 0.2) is 30.6 Å². The fraction of sp³-hybridized carbons (Fsp3) is 0.0833. The van der Waals surface area contributed by atoms with Crippen LogP contribution >= 0.6 is 11.6 Å². The molecule has 1 aromatic heterocycles. The van der Waals surface area contributed by atoms with Crippen LogP contribution < -0.4 is 4.74 Å². The topological polar surface area (TPSA) is 58.8 Å². The second-order valence-electron chi connectivity index (χ2n) is 3.37. The van der Waals surface area contributed by atoms with Crippen LogP contribution in [0.4, 0.5) is 0 Å². The quantitative estimate of drug-likeness (QED) is 0.816. The van der Waals surface area contributed by atoms with Crippen LogP contribution in [-0.2, 0) is 0 Å². The number of benzene rings is 1. The van der Waals surface area contributed by atoms with Gasteiger partial charge in [0.2, 0.25) is 5.88 Å². The summed E-state index contributed by atoms with van der Waals surface area (Å²) in [7, 11) is 0. The molecule has 0 saturated heterocycles. The summed E-state index contributed by atoms with van der Waals surface area (Å²) in [6.45, 7) is 1.88. The Bertz CT molecular complexity index is 593. The third-order valence-corrected chi connectivity index (χ3v) is 2.30. The van der Waals surface area contributed by atoms with E-state index < -0.39 is 0 Å². The summed E-state index contributed by atoms with van der Waals surface area (Å²) in [6.07, 6.45) is 2.89. The minimum atomic E-state index is 0.261. The minimum absolute atomic E-state index is 0.261. The normalized spacial score (nSPS) is 9.71. The molecule has 0 N–H and O–H groups in total. The molecule has 0 atom stereocenters. The van der Waals surface area contributed by atoms with Gasteiger partial charge < -0.3 is 4.74 Å². The van der Waals surface area contributed by atoms with Crippen molar-refractivity contribution in [2.45, 2.75) is 6.92 Å². The first-order valence-electron chi connectivity index (χ1n) is 4.85. The van der Waals surface area contributed by atoms with Crippen LogP contribution in [0.25, 0.3) is 0 Å². The summed E-state index contributed by atoms with van der Waals surface area (Å²) in [5.74, 6) is 0.872. The lowest BCUT2D eigenvalue weighted by molar-refractivity contribution is 0.456. The van der Waals surface area contributed by atoms with E-state index in [9.17, 15) is 0 Å². The Balaban J connectivity index is 2.33. The van der Waals surface area contributed by atoms with Crippen molar-refractivity contribution in [3.05, 3.63) is 46.9 Å². The lowest BCUT2D eigenvalue weighted by Gasteiger charge is -2.07. The molecule has 0 spiro atoms. The lowest BCUT2D eigenvalue weighted by Crippen LogP contribution is -1.92. The molecule has 0 radical (unpaired) electrons. The molecule has 4 nitrogen and oxygen atoms in total. The summed E-state index contributed by atoms with van der Waals surface area (Å²) in [5.41, 5.74) is 1.44. The molecule has 1 aromatic carbocycles. The van der Waals surface area contributed by atoms with Crippen LogP contribution in [0.2, 0.25) is 5.15 Å². The average Bonchev–Trinajstić information content (AvgIpc) is 2.32. The third kappa shape index (κ3) is 2.71. The summed E-state index contributed by atoms with van der Waals surface area (Å²) in [6, 6.07) is 7.24. The van der Waals surface area contributed by atoms with Gasteiger partial charge in [-0.3, -0.25) is 4.98 Å². The van der Waals surface area contributed by atoms with Crippen molar-refractivity contribution in [2.24, 2.45) is 0 Å². The number of hydrogen-bond acceptors (Lipinski definition) is 4. The maximum Gasteiger partial charge on any atom is 0.239 e. The summed E-state index contributed by atoms with van der Waals surface area (Å²) < 4.78 is 5.52. The Morgan fingerprint density at radius 1 is 1.35 bits per heavy atom. The van der Waals surface area contributed by atoms with Gasteiger partial charge in [0.25, 0.3) is 0 Å². The van der Waals surface area contributed by atoms with Gasteiger partial charge in [-0.15, -0.1) is 0 Å². The van der Waals surface area contributed by atoms with Crippen molar-refractivity contribution in [3.8, 4) is 17.7 Å². The highest BCUT2D eigenvalue weighted by Crippen LogP contribution is 2.24. The number of nitriles is 1. The molecule has 0 bridgehead atoms. The number of hydrogen-bond donors (Lipinski definition) is 0. The molecule has 0 unspecified atom stereocenters. The van der Waals surface area contributed by atoms with Crippen LogP contribution in [0.1, 0.15) is 11.1 Å². The van der Waals surface area contributed by atoms with Crippen molar-refractivity contribution in [2.75, 3.05) is 0 Å². The molecule has 0 saturated carbocycles. The highest BCUT2D eigenvalue weighted by molar-refractivity contribution is 6.29. The first-order valence-corrected chi connectivity index (χ1v) is 5.23. The average molecular weight is 246 g/mol. The van der Waals surface area contributed by atoms with Gasteiger partial charge in [0.1, 0.15) is 5.75 Å². The van der Waals surface area contributed by atoms with Crippen LogP contribution in [0.3, 0.4) is 0 Å². The zero-order valence-corrected chi connectivity index (χ0v) is 9.77. The second kappa shape index (κ2) is 4.81. The second-order valence-corrected chi connectivity index (χ2v) is 3.76. The van der Waals surface area contributed by atoms with E-state index in [4.69, 9.17) is 21.6 Å². The van der Waals surface area contributed by atoms with Crippen LogP contribution in [-0.4, -0.2) is 9.97 Å². The van der Waals surface area contributed by atoms with E-state index >= 15 is 0 Å². The summed E-state index contributed by atoms with van der Waals surface area (Å²) in [5, 5.41) is 9.07. The standard InChI is InChI=1S/C12H8ClN3O/c1-8-2-3-9(5-14)4-10(8)17-12-7-15-6-11(13)16-12/h2-4,6-7H,1H3. The molecular weight excluding hydrogens is 238 g/mol. The summed E-state index contributed by atoms with van der Waals surface area (Å²) >= 11 is 5.70. The molecule has 0 fully saturated rings. The first kappa shape index (κ1) is 11.4. The van der Waals surface area contributed by atoms with Crippen LogP contribution in [0.5, 0.6) is 11.6 Å². The highest BCUT2D eigenvalue weighted by Gasteiger charge is 2.05. The maximum atomic E-state index is 8.81. The minimum Gasteiger partial charge on any atom is -0.437 e. The molecule has 2 aromatic rings. The van der Waals surface area contributed by atoms with Gasteiger partial charge in [-0.05, 0) is 24.6 Å². The fourth-order valence-electron chi connectivity index (χ4n) is 1.27. The van der Waals surface area contributed by atoms with E-state index in [1.54, 1.807) is 12.1 Å². The van der Waals surface area contributed by atoms with Gasteiger partial charge in [0.15, 0.2) is 5.15 Å². The number of ether oxygens (including phenoxy) is 1. The number of rotatable bonds is 2. The van der Waals surface area contributed by atoms with Gasteiger partial charge in [-0.2, -0.15) is 10.2 Å². The SMILES string of the molecule is Cc1ccc(C#N)cc1Oc1cncc(Cl)n1. The van der Waals surface area contributed by atoms with Gasteiger partial charge >= 0.3 is 0 Å². The molecule has 0 amide bonds. The maximum absolute atomic E-state index is 8.81. The van der Waals surface area contributed by atoms with E-state index in [2.05, 4.69) is 9.97 Å². The largest absolute Gasteiger partial charge is 0.437 e. The molecule has 2 rings (SSSR count). The van der Waals surface area contributed by atoms with E-state index in [0.29, 0.717) is 17.2 Å². The van der Waals surface area contributed by atoms with Crippen molar-refractivity contribution in [1.82, 2.24) is 9.97 Å². The molecule has 0 aliphatic heterocycles. The van der Waals surface area contributed by atoms with Gasteiger partial charge in [0.05, 0.1) is 24.0 Å². The Kier molecular flexibility index (Phi) is 3.22. The predicted molar refractivity (Wildman–Crippen MR) is 63.0 cm³/mol.